The molecular weight excluding hydrogens is 308 g/mol. The smallest absolute Gasteiger partial charge is 0.459 e. The number of hydrogen-bond acceptors (Lipinski definition) is 5. The molecule has 4 fully saturated rings. The van der Waals surface area contributed by atoms with Crippen LogP contribution < -0.4 is 0 Å². The van der Waals surface area contributed by atoms with Gasteiger partial charge in [0.05, 0.1) is 0 Å². The van der Waals surface area contributed by atoms with Crippen LogP contribution in [-0.2, 0) is 19.0 Å². The van der Waals surface area contributed by atoms with E-state index in [0.717, 1.165) is 11.8 Å². The third-order valence-electron chi connectivity index (χ3n) is 7.25. The van der Waals surface area contributed by atoms with E-state index in [1.165, 1.54) is 32.1 Å². The molecule has 4 aliphatic carbocycles. The standard InChI is InChI=1S/C19H26O5/c1-11(2)16(20)22-4-5-23-17(21)24-18(3)14-7-12-6-13-8-15(18)19(13,9-12)10-14/h12-15H,1,4-10H2,2-3H3. The Morgan fingerprint density at radius 3 is 2.54 bits per heavy atom. The second-order valence-electron chi connectivity index (χ2n) is 8.46. The molecule has 0 saturated heterocycles. The average molecular weight is 334 g/mol. The SMILES string of the molecule is C=C(C)C(=O)OCCOC(=O)OC1(C)C2CC3CC4CC1C4(C3)C2. The lowest BCUT2D eigenvalue weighted by Crippen LogP contribution is -2.52. The zero-order valence-corrected chi connectivity index (χ0v) is 14.5. The first kappa shape index (κ1) is 16.0. The molecule has 4 saturated carbocycles. The quantitative estimate of drug-likeness (QED) is 0.438. The summed E-state index contributed by atoms with van der Waals surface area (Å²) in [5, 5.41) is 0. The van der Waals surface area contributed by atoms with Gasteiger partial charge in [0.1, 0.15) is 18.8 Å². The first-order valence-electron chi connectivity index (χ1n) is 9.03. The van der Waals surface area contributed by atoms with E-state index in [1.54, 1.807) is 6.92 Å². The van der Waals surface area contributed by atoms with Crippen LogP contribution in [0, 0.1) is 29.1 Å². The molecule has 4 rings (SSSR count). The van der Waals surface area contributed by atoms with Gasteiger partial charge in [-0.1, -0.05) is 6.58 Å². The lowest BCUT2D eigenvalue weighted by molar-refractivity contribution is -0.142. The van der Waals surface area contributed by atoms with Crippen LogP contribution in [0.15, 0.2) is 12.2 Å². The van der Waals surface area contributed by atoms with Gasteiger partial charge in [0.15, 0.2) is 0 Å². The molecule has 6 unspecified atom stereocenters. The molecule has 0 aromatic carbocycles. The molecule has 0 heterocycles. The predicted molar refractivity (Wildman–Crippen MR) is 86.1 cm³/mol. The lowest BCUT2D eigenvalue weighted by atomic mass is 9.54. The Balaban J connectivity index is 1.30. The van der Waals surface area contributed by atoms with Gasteiger partial charge in [-0.3, -0.25) is 0 Å². The number of carbonyl (C=O) groups excluding carboxylic acids is 2. The second kappa shape index (κ2) is 5.24. The topological polar surface area (TPSA) is 61.8 Å². The summed E-state index contributed by atoms with van der Waals surface area (Å²) in [6.45, 7) is 7.23. The van der Waals surface area contributed by atoms with Crippen molar-refractivity contribution in [3.63, 3.8) is 0 Å². The largest absolute Gasteiger partial charge is 0.508 e. The zero-order valence-electron chi connectivity index (χ0n) is 14.5. The molecule has 0 radical (unpaired) electrons. The molecule has 5 heteroatoms. The van der Waals surface area contributed by atoms with E-state index in [0.29, 0.717) is 22.8 Å². The minimum atomic E-state index is -0.632. The first-order valence-corrected chi connectivity index (χ1v) is 9.03. The number of rotatable bonds is 5. The van der Waals surface area contributed by atoms with Gasteiger partial charge in [0, 0.05) is 11.5 Å². The van der Waals surface area contributed by atoms with Gasteiger partial charge in [-0.25, -0.2) is 9.59 Å². The van der Waals surface area contributed by atoms with Crippen molar-refractivity contribution in [1.82, 2.24) is 0 Å². The molecule has 0 amide bonds. The van der Waals surface area contributed by atoms with Crippen molar-refractivity contribution in [1.29, 1.82) is 0 Å². The summed E-state index contributed by atoms with van der Waals surface area (Å²) in [5.41, 5.74) is 0.411. The Labute approximate surface area is 142 Å². The van der Waals surface area contributed by atoms with Crippen LogP contribution >= 0.6 is 0 Å². The average Bonchev–Trinajstić information content (AvgIpc) is 2.78. The molecule has 4 aliphatic rings. The van der Waals surface area contributed by atoms with Crippen LogP contribution in [0.3, 0.4) is 0 Å². The maximum Gasteiger partial charge on any atom is 0.508 e. The zero-order chi connectivity index (χ0) is 17.1. The number of fused-ring (bicyclic) bond motifs is 2. The summed E-state index contributed by atoms with van der Waals surface area (Å²) in [7, 11) is 0. The molecule has 0 aliphatic heterocycles. The van der Waals surface area contributed by atoms with Gasteiger partial charge in [0.2, 0.25) is 0 Å². The van der Waals surface area contributed by atoms with Gasteiger partial charge in [-0.2, -0.15) is 0 Å². The van der Waals surface area contributed by atoms with E-state index in [4.69, 9.17) is 14.2 Å². The van der Waals surface area contributed by atoms with E-state index in [1.807, 2.05) is 0 Å². The van der Waals surface area contributed by atoms with Crippen molar-refractivity contribution in [3.05, 3.63) is 12.2 Å². The third-order valence-corrected chi connectivity index (χ3v) is 7.25. The van der Waals surface area contributed by atoms with Crippen molar-refractivity contribution < 1.29 is 23.8 Å². The highest BCUT2D eigenvalue weighted by molar-refractivity contribution is 5.86. The number of carbonyl (C=O) groups is 2. The monoisotopic (exact) mass is 334 g/mol. The van der Waals surface area contributed by atoms with Gasteiger partial charge < -0.3 is 14.2 Å². The van der Waals surface area contributed by atoms with E-state index in [2.05, 4.69) is 13.5 Å². The van der Waals surface area contributed by atoms with Crippen molar-refractivity contribution in [2.75, 3.05) is 13.2 Å². The third kappa shape index (κ3) is 2.12. The Morgan fingerprint density at radius 1 is 1.08 bits per heavy atom. The molecule has 1 spiro atoms. The van der Waals surface area contributed by atoms with Crippen molar-refractivity contribution in [2.24, 2.45) is 29.1 Å². The minimum Gasteiger partial charge on any atom is -0.459 e. The molecule has 0 N–H and O–H groups in total. The van der Waals surface area contributed by atoms with Crippen LogP contribution in [0.4, 0.5) is 4.79 Å². The molecular formula is C19H26O5. The normalized spacial score (nSPS) is 43.8. The fourth-order valence-electron chi connectivity index (χ4n) is 6.33. The molecule has 24 heavy (non-hydrogen) atoms. The van der Waals surface area contributed by atoms with E-state index < -0.39 is 12.1 Å². The van der Waals surface area contributed by atoms with Crippen molar-refractivity contribution in [3.8, 4) is 0 Å². The van der Waals surface area contributed by atoms with Crippen LogP contribution in [0.5, 0.6) is 0 Å². The van der Waals surface area contributed by atoms with Gasteiger partial charge in [-0.05, 0) is 69.1 Å². The maximum atomic E-state index is 12.1. The molecule has 132 valence electrons. The molecule has 0 aromatic heterocycles. The van der Waals surface area contributed by atoms with E-state index in [-0.39, 0.29) is 18.8 Å². The predicted octanol–water partition coefficient (Wildman–Crippen LogP) is 3.47. The Morgan fingerprint density at radius 2 is 1.79 bits per heavy atom. The van der Waals surface area contributed by atoms with Crippen molar-refractivity contribution >= 4 is 12.1 Å². The molecule has 3 bridgehead atoms. The molecule has 0 aromatic rings. The Kier molecular flexibility index (Phi) is 3.49. The van der Waals surface area contributed by atoms with E-state index in [9.17, 15) is 9.59 Å². The number of hydrogen-bond donors (Lipinski definition) is 0. The highest BCUT2D eigenvalue weighted by atomic mass is 16.7. The second-order valence-corrected chi connectivity index (χ2v) is 8.46. The maximum absolute atomic E-state index is 12.1. The Bertz CT molecular complexity index is 599. The summed E-state index contributed by atoms with van der Waals surface area (Å²) < 4.78 is 15.9. The van der Waals surface area contributed by atoms with Gasteiger partial charge in [0.25, 0.3) is 0 Å². The minimum absolute atomic E-state index is 0.0136. The van der Waals surface area contributed by atoms with Crippen molar-refractivity contribution in [2.45, 2.75) is 51.6 Å². The fourth-order valence-corrected chi connectivity index (χ4v) is 6.33. The summed E-state index contributed by atoms with van der Waals surface area (Å²) in [6.07, 6.45) is 5.71. The number of esters is 1. The molecule has 5 nitrogen and oxygen atoms in total. The lowest BCUT2D eigenvalue weighted by Gasteiger charge is -2.52. The van der Waals surface area contributed by atoms with Crippen LogP contribution in [0.2, 0.25) is 0 Å². The fraction of sp³-hybridized carbons (Fsp3) is 0.789. The van der Waals surface area contributed by atoms with E-state index >= 15 is 0 Å². The van der Waals surface area contributed by atoms with Crippen LogP contribution in [0.25, 0.3) is 0 Å². The summed E-state index contributed by atoms with van der Waals surface area (Å²) in [6, 6.07) is 0. The van der Waals surface area contributed by atoms with Crippen LogP contribution in [-0.4, -0.2) is 30.9 Å². The summed E-state index contributed by atoms with van der Waals surface area (Å²) >= 11 is 0. The van der Waals surface area contributed by atoms with Crippen LogP contribution in [0.1, 0.15) is 46.0 Å². The highest BCUT2D eigenvalue weighted by Crippen LogP contribution is 2.78. The first-order chi connectivity index (χ1) is 11.3. The van der Waals surface area contributed by atoms with Gasteiger partial charge >= 0.3 is 12.1 Å². The highest BCUT2D eigenvalue weighted by Gasteiger charge is 2.75. The number of ether oxygens (including phenoxy) is 3. The summed E-state index contributed by atoms with van der Waals surface area (Å²) in [4.78, 5) is 23.4. The molecule has 6 atom stereocenters. The Hall–Kier alpha value is -1.52. The summed E-state index contributed by atoms with van der Waals surface area (Å²) in [5.74, 6) is 2.20. The van der Waals surface area contributed by atoms with Gasteiger partial charge in [-0.15, -0.1) is 0 Å².